The van der Waals surface area contributed by atoms with Crippen LogP contribution < -0.4 is 0 Å². The number of sulfonamides is 1. The minimum absolute atomic E-state index is 0.132. The van der Waals surface area contributed by atoms with Crippen LogP contribution in [0.4, 0.5) is 4.39 Å². The van der Waals surface area contributed by atoms with Gasteiger partial charge in [0.1, 0.15) is 11.5 Å². The van der Waals surface area contributed by atoms with Crippen molar-refractivity contribution < 1.29 is 17.6 Å². The van der Waals surface area contributed by atoms with Crippen molar-refractivity contribution in [2.45, 2.75) is 6.54 Å². The number of carbonyl (C=O) groups is 1. The number of fused-ring (bicyclic) bond motifs is 1. The first-order valence-corrected chi connectivity index (χ1v) is 11.6. The topological polar surface area (TPSA) is 62.6 Å². The quantitative estimate of drug-likeness (QED) is 0.651. The monoisotopic (exact) mass is 421 g/mol. The van der Waals surface area contributed by atoms with E-state index in [-0.39, 0.29) is 11.7 Å². The summed E-state index contributed by atoms with van der Waals surface area (Å²) in [5.74, 6) is -0.441. The predicted molar refractivity (Wildman–Crippen MR) is 108 cm³/mol. The van der Waals surface area contributed by atoms with Crippen LogP contribution in [0.5, 0.6) is 0 Å². The summed E-state index contributed by atoms with van der Waals surface area (Å²) in [4.78, 5) is 14.9. The van der Waals surface area contributed by atoms with Crippen LogP contribution in [0, 0.1) is 5.82 Å². The first kappa shape index (κ1) is 19.1. The van der Waals surface area contributed by atoms with Crippen molar-refractivity contribution in [1.82, 2.24) is 13.8 Å². The molecule has 0 aliphatic carbocycles. The van der Waals surface area contributed by atoms with Crippen molar-refractivity contribution in [3.63, 3.8) is 0 Å². The van der Waals surface area contributed by atoms with Crippen LogP contribution in [0.3, 0.4) is 0 Å². The van der Waals surface area contributed by atoms with E-state index < -0.39 is 10.0 Å². The highest BCUT2D eigenvalue weighted by Crippen LogP contribution is 2.27. The molecule has 0 N–H and O–H groups in total. The molecule has 0 atom stereocenters. The Morgan fingerprint density at radius 3 is 2.57 bits per heavy atom. The molecule has 148 valence electrons. The van der Waals surface area contributed by atoms with Gasteiger partial charge in [-0.25, -0.2) is 12.8 Å². The van der Waals surface area contributed by atoms with E-state index in [9.17, 15) is 17.6 Å². The van der Waals surface area contributed by atoms with Crippen LogP contribution >= 0.6 is 11.3 Å². The first-order valence-electron chi connectivity index (χ1n) is 8.88. The molecule has 1 aromatic carbocycles. The molecular weight excluding hydrogens is 401 g/mol. The lowest BCUT2D eigenvalue weighted by Crippen LogP contribution is -2.50. The molecule has 6 nitrogen and oxygen atoms in total. The predicted octanol–water partition coefficient (Wildman–Crippen LogP) is 2.61. The average Bonchev–Trinajstić information content (AvgIpc) is 3.23. The molecule has 1 aliphatic rings. The van der Waals surface area contributed by atoms with Gasteiger partial charge in [0.25, 0.3) is 5.91 Å². The minimum atomic E-state index is -3.25. The third-order valence-corrected chi connectivity index (χ3v) is 7.12. The summed E-state index contributed by atoms with van der Waals surface area (Å²) in [6, 6.07) is 10.2. The van der Waals surface area contributed by atoms with Crippen LogP contribution in [0.15, 0.2) is 41.8 Å². The maximum atomic E-state index is 13.6. The second-order valence-corrected chi connectivity index (χ2v) is 9.80. The largest absolute Gasteiger partial charge is 0.335 e. The molecule has 1 saturated heterocycles. The number of hydrogen-bond donors (Lipinski definition) is 0. The van der Waals surface area contributed by atoms with Gasteiger partial charge in [-0.2, -0.15) is 4.31 Å². The molecule has 4 rings (SSSR count). The molecule has 28 heavy (non-hydrogen) atoms. The van der Waals surface area contributed by atoms with E-state index in [1.165, 1.54) is 22.7 Å². The molecule has 0 bridgehead atoms. The van der Waals surface area contributed by atoms with Gasteiger partial charge in [0, 0.05) is 32.7 Å². The Morgan fingerprint density at radius 2 is 1.89 bits per heavy atom. The number of piperazine rings is 1. The van der Waals surface area contributed by atoms with Crippen LogP contribution in [0.2, 0.25) is 0 Å². The SMILES string of the molecule is CS(=O)(=O)N1CCN(C(=O)c2cc3sccc3n2Cc2cccc(F)c2)CC1. The van der Waals surface area contributed by atoms with E-state index in [0.29, 0.717) is 38.4 Å². The highest BCUT2D eigenvalue weighted by Gasteiger charge is 2.28. The van der Waals surface area contributed by atoms with Gasteiger partial charge in [0.2, 0.25) is 10.0 Å². The van der Waals surface area contributed by atoms with Crippen LogP contribution in [-0.2, 0) is 16.6 Å². The summed E-state index contributed by atoms with van der Waals surface area (Å²) < 4.78 is 41.3. The zero-order chi connectivity index (χ0) is 19.9. The maximum Gasteiger partial charge on any atom is 0.270 e. The number of rotatable bonds is 4. The Morgan fingerprint density at radius 1 is 1.14 bits per heavy atom. The highest BCUT2D eigenvalue weighted by molar-refractivity contribution is 7.88. The summed E-state index contributed by atoms with van der Waals surface area (Å²) in [6.45, 7) is 1.69. The number of amides is 1. The molecule has 9 heteroatoms. The van der Waals surface area contributed by atoms with Crippen molar-refractivity contribution in [3.05, 3.63) is 58.9 Å². The average molecular weight is 422 g/mol. The van der Waals surface area contributed by atoms with E-state index in [4.69, 9.17) is 0 Å². The molecule has 1 fully saturated rings. The number of aromatic nitrogens is 1. The Bertz CT molecular complexity index is 1130. The second kappa shape index (κ2) is 7.31. The van der Waals surface area contributed by atoms with Crippen LogP contribution in [0.25, 0.3) is 10.2 Å². The molecular formula is C19H20FN3O3S2. The number of carbonyl (C=O) groups excluding carboxylic acids is 1. The zero-order valence-corrected chi connectivity index (χ0v) is 17.0. The number of thiophene rings is 1. The van der Waals surface area contributed by atoms with E-state index in [1.54, 1.807) is 22.3 Å². The first-order chi connectivity index (χ1) is 13.3. The number of halogens is 1. The third-order valence-electron chi connectivity index (χ3n) is 4.97. The number of hydrogen-bond acceptors (Lipinski definition) is 4. The molecule has 2 aromatic heterocycles. The molecule has 0 unspecified atom stereocenters. The Balaban J connectivity index is 1.62. The number of benzene rings is 1. The van der Waals surface area contributed by atoms with Gasteiger partial charge in [-0.3, -0.25) is 4.79 Å². The minimum Gasteiger partial charge on any atom is -0.335 e. The van der Waals surface area contributed by atoms with Crippen molar-refractivity contribution in [2.75, 3.05) is 32.4 Å². The lowest BCUT2D eigenvalue weighted by atomic mass is 10.2. The molecule has 0 spiro atoms. The molecule has 3 aromatic rings. The molecule has 0 saturated carbocycles. The van der Waals surface area contributed by atoms with Crippen molar-refractivity contribution >= 4 is 37.5 Å². The Hall–Kier alpha value is -2.23. The summed E-state index contributed by atoms with van der Waals surface area (Å²) in [5, 5.41) is 1.96. The molecule has 1 aliphatic heterocycles. The molecule has 0 radical (unpaired) electrons. The van der Waals surface area contributed by atoms with Crippen molar-refractivity contribution in [1.29, 1.82) is 0 Å². The van der Waals surface area contributed by atoms with Crippen LogP contribution in [0.1, 0.15) is 16.1 Å². The lowest BCUT2D eigenvalue weighted by molar-refractivity contribution is 0.0688. The summed E-state index contributed by atoms with van der Waals surface area (Å²) in [7, 11) is -3.25. The van der Waals surface area contributed by atoms with E-state index >= 15 is 0 Å². The Kier molecular flexibility index (Phi) is 4.98. The van der Waals surface area contributed by atoms with Gasteiger partial charge >= 0.3 is 0 Å². The molecule has 3 heterocycles. The van der Waals surface area contributed by atoms with Gasteiger partial charge in [-0.1, -0.05) is 12.1 Å². The summed E-state index contributed by atoms with van der Waals surface area (Å²) in [6.07, 6.45) is 1.18. The fraction of sp³-hybridized carbons (Fsp3) is 0.316. The zero-order valence-electron chi connectivity index (χ0n) is 15.3. The van der Waals surface area contributed by atoms with Crippen LogP contribution in [-0.4, -0.2) is 60.5 Å². The van der Waals surface area contributed by atoms with E-state index in [2.05, 4.69) is 0 Å². The Labute approximate surface area is 166 Å². The van der Waals surface area contributed by atoms with E-state index in [0.717, 1.165) is 15.8 Å². The van der Waals surface area contributed by atoms with Gasteiger partial charge in [0.15, 0.2) is 0 Å². The standard InChI is InChI=1S/C19H20FN3O3S2/c1-28(25,26)22-8-6-21(7-9-22)19(24)17-12-18-16(5-10-27-18)23(17)13-14-3-2-4-15(20)11-14/h2-5,10-12H,6-9,13H2,1H3. The third kappa shape index (κ3) is 3.69. The summed E-state index contributed by atoms with van der Waals surface area (Å²) >= 11 is 1.55. The normalized spacial score (nSPS) is 16.0. The smallest absolute Gasteiger partial charge is 0.270 e. The second-order valence-electron chi connectivity index (χ2n) is 6.87. The lowest BCUT2D eigenvalue weighted by Gasteiger charge is -2.33. The van der Waals surface area contributed by atoms with Crippen molar-refractivity contribution in [3.8, 4) is 0 Å². The highest BCUT2D eigenvalue weighted by atomic mass is 32.2. The van der Waals surface area contributed by atoms with Gasteiger partial charge in [-0.05, 0) is 35.2 Å². The number of nitrogens with zero attached hydrogens (tertiary/aromatic N) is 3. The fourth-order valence-corrected chi connectivity index (χ4v) is 5.18. The summed E-state index contributed by atoms with van der Waals surface area (Å²) in [5.41, 5.74) is 2.26. The fourth-order valence-electron chi connectivity index (χ4n) is 3.53. The van der Waals surface area contributed by atoms with Gasteiger partial charge < -0.3 is 9.47 Å². The maximum absolute atomic E-state index is 13.6. The molecule has 1 amide bonds. The van der Waals surface area contributed by atoms with Crippen molar-refractivity contribution in [2.24, 2.45) is 0 Å². The van der Waals surface area contributed by atoms with E-state index in [1.807, 2.05) is 28.1 Å². The van der Waals surface area contributed by atoms with Gasteiger partial charge in [-0.15, -0.1) is 11.3 Å². The van der Waals surface area contributed by atoms with Gasteiger partial charge in [0.05, 0.1) is 16.5 Å².